The first kappa shape index (κ1) is 12.9. The van der Waals surface area contributed by atoms with E-state index in [1.165, 1.54) is 6.07 Å². The monoisotopic (exact) mass is 239 g/mol. The van der Waals surface area contributed by atoms with Crippen LogP contribution in [0.3, 0.4) is 0 Å². The zero-order valence-electron chi connectivity index (χ0n) is 9.15. The maximum atomic E-state index is 9.53. The molecular formula is C12H17NO2S. The second-order valence-corrected chi connectivity index (χ2v) is 4.48. The third-order valence-corrected chi connectivity index (χ3v) is 3.04. The quantitative estimate of drug-likeness (QED) is 0.387. The second-order valence-electron chi connectivity index (χ2n) is 3.33. The lowest BCUT2D eigenvalue weighted by atomic mass is 10.2. The molecule has 0 saturated heterocycles. The summed E-state index contributed by atoms with van der Waals surface area (Å²) >= 11 is 1.80. The number of hydrogen-bond acceptors (Lipinski definition) is 4. The minimum Gasteiger partial charge on any atom is -0.504 e. The third-order valence-electron chi connectivity index (χ3n) is 2.07. The molecule has 3 nitrogen and oxygen atoms in total. The standard InChI is InChI=1S/C12H17NO2S/c1-2-7-16-8-6-13-9-10-4-3-5-11(14)12(10)15/h2-5,13-15H,1,6-9H2. The number of para-hydroxylation sites is 1. The van der Waals surface area contributed by atoms with Crippen molar-refractivity contribution in [2.75, 3.05) is 18.1 Å². The normalized spacial score (nSPS) is 10.2. The van der Waals surface area contributed by atoms with Crippen molar-refractivity contribution >= 4 is 11.8 Å². The molecule has 0 unspecified atom stereocenters. The molecule has 0 fully saturated rings. The van der Waals surface area contributed by atoms with Gasteiger partial charge in [0.1, 0.15) is 0 Å². The predicted octanol–water partition coefficient (Wildman–Crippen LogP) is 2.11. The zero-order valence-corrected chi connectivity index (χ0v) is 9.96. The second kappa shape index (κ2) is 7.19. The van der Waals surface area contributed by atoms with E-state index in [1.807, 2.05) is 6.08 Å². The molecule has 0 saturated carbocycles. The van der Waals surface area contributed by atoms with Crippen LogP contribution in [-0.4, -0.2) is 28.3 Å². The molecule has 0 spiro atoms. The number of hydrogen-bond donors (Lipinski definition) is 3. The van der Waals surface area contributed by atoms with Crippen molar-refractivity contribution in [2.24, 2.45) is 0 Å². The number of aromatic hydroxyl groups is 2. The van der Waals surface area contributed by atoms with Crippen LogP contribution in [0.15, 0.2) is 30.9 Å². The first-order valence-corrected chi connectivity index (χ1v) is 6.30. The third kappa shape index (κ3) is 4.16. The van der Waals surface area contributed by atoms with E-state index >= 15 is 0 Å². The Labute approximate surface area is 100 Å². The molecule has 1 aromatic rings. The summed E-state index contributed by atoms with van der Waals surface area (Å²) in [5, 5.41) is 22.0. The smallest absolute Gasteiger partial charge is 0.161 e. The van der Waals surface area contributed by atoms with E-state index in [1.54, 1.807) is 23.9 Å². The van der Waals surface area contributed by atoms with Gasteiger partial charge in [-0.25, -0.2) is 0 Å². The molecule has 0 bridgehead atoms. The lowest BCUT2D eigenvalue weighted by Crippen LogP contribution is -2.16. The van der Waals surface area contributed by atoms with E-state index < -0.39 is 0 Å². The van der Waals surface area contributed by atoms with Crippen molar-refractivity contribution in [1.82, 2.24) is 5.32 Å². The Bertz CT molecular complexity index is 342. The van der Waals surface area contributed by atoms with E-state index in [9.17, 15) is 10.2 Å². The number of phenols is 2. The van der Waals surface area contributed by atoms with Crippen molar-refractivity contribution in [3.05, 3.63) is 36.4 Å². The maximum absolute atomic E-state index is 9.53. The molecule has 16 heavy (non-hydrogen) atoms. The lowest BCUT2D eigenvalue weighted by molar-refractivity contribution is 0.398. The molecule has 1 aromatic carbocycles. The molecule has 0 heterocycles. The van der Waals surface area contributed by atoms with Crippen LogP contribution in [0, 0.1) is 0 Å². The first-order chi connectivity index (χ1) is 7.75. The van der Waals surface area contributed by atoms with E-state index in [4.69, 9.17) is 0 Å². The van der Waals surface area contributed by atoms with Gasteiger partial charge in [-0.1, -0.05) is 18.2 Å². The number of rotatable bonds is 7. The summed E-state index contributed by atoms with van der Waals surface area (Å²) in [6, 6.07) is 4.98. The fraction of sp³-hybridized carbons (Fsp3) is 0.333. The van der Waals surface area contributed by atoms with Crippen LogP contribution in [0.4, 0.5) is 0 Å². The highest BCUT2D eigenvalue weighted by Gasteiger charge is 2.04. The van der Waals surface area contributed by atoms with Crippen molar-refractivity contribution < 1.29 is 10.2 Å². The number of phenolic OH excluding ortho intramolecular Hbond substituents is 2. The molecule has 0 atom stereocenters. The molecule has 0 aromatic heterocycles. The number of benzene rings is 1. The lowest BCUT2D eigenvalue weighted by Gasteiger charge is -2.07. The van der Waals surface area contributed by atoms with Crippen LogP contribution in [0.1, 0.15) is 5.56 Å². The average molecular weight is 239 g/mol. The van der Waals surface area contributed by atoms with Gasteiger partial charge in [0.2, 0.25) is 0 Å². The Balaban J connectivity index is 2.26. The van der Waals surface area contributed by atoms with Crippen LogP contribution in [0.2, 0.25) is 0 Å². The summed E-state index contributed by atoms with van der Waals surface area (Å²) in [4.78, 5) is 0. The van der Waals surface area contributed by atoms with Crippen LogP contribution < -0.4 is 5.32 Å². The predicted molar refractivity (Wildman–Crippen MR) is 69.0 cm³/mol. The summed E-state index contributed by atoms with van der Waals surface area (Å²) in [5.74, 6) is 1.86. The number of thioether (sulfide) groups is 1. The minimum atomic E-state index is -0.0691. The highest BCUT2D eigenvalue weighted by Crippen LogP contribution is 2.27. The molecule has 88 valence electrons. The fourth-order valence-corrected chi connectivity index (χ4v) is 1.88. The Morgan fingerprint density at radius 1 is 1.38 bits per heavy atom. The Morgan fingerprint density at radius 2 is 2.19 bits per heavy atom. The van der Waals surface area contributed by atoms with Crippen molar-refractivity contribution in [1.29, 1.82) is 0 Å². The van der Waals surface area contributed by atoms with Crippen LogP contribution in [0.5, 0.6) is 11.5 Å². The van der Waals surface area contributed by atoms with Gasteiger partial charge < -0.3 is 15.5 Å². The molecule has 0 amide bonds. The average Bonchev–Trinajstić information content (AvgIpc) is 2.29. The van der Waals surface area contributed by atoms with Gasteiger partial charge in [0.05, 0.1) is 0 Å². The minimum absolute atomic E-state index is 0.0336. The molecular weight excluding hydrogens is 222 g/mol. The van der Waals surface area contributed by atoms with Crippen molar-refractivity contribution in [2.45, 2.75) is 6.54 Å². The van der Waals surface area contributed by atoms with Gasteiger partial charge in [-0.2, -0.15) is 11.8 Å². The Morgan fingerprint density at radius 3 is 2.94 bits per heavy atom. The maximum Gasteiger partial charge on any atom is 0.161 e. The molecule has 0 aliphatic rings. The summed E-state index contributed by atoms with van der Waals surface area (Å²) in [6.07, 6.45) is 1.88. The molecule has 0 radical (unpaired) electrons. The fourth-order valence-electron chi connectivity index (χ4n) is 1.25. The summed E-state index contributed by atoms with van der Waals surface area (Å²) in [6.45, 7) is 5.08. The van der Waals surface area contributed by atoms with Crippen molar-refractivity contribution in [3.63, 3.8) is 0 Å². The molecule has 4 heteroatoms. The van der Waals surface area contributed by atoms with Gasteiger partial charge in [-0.3, -0.25) is 0 Å². The van der Waals surface area contributed by atoms with Gasteiger partial charge in [0.25, 0.3) is 0 Å². The molecule has 0 aliphatic carbocycles. The summed E-state index contributed by atoms with van der Waals surface area (Å²) in [5.41, 5.74) is 0.716. The van der Waals surface area contributed by atoms with Gasteiger partial charge in [0, 0.05) is 30.2 Å². The van der Waals surface area contributed by atoms with E-state index in [2.05, 4.69) is 11.9 Å². The Kier molecular flexibility index (Phi) is 5.82. The van der Waals surface area contributed by atoms with E-state index in [0.29, 0.717) is 12.1 Å². The number of nitrogens with one attached hydrogen (secondary N) is 1. The van der Waals surface area contributed by atoms with Crippen LogP contribution in [0.25, 0.3) is 0 Å². The SMILES string of the molecule is C=CCSCCNCc1cccc(O)c1O. The molecule has 0 aliphatic heterocycles. The summed E-state index contributed by atoms with van der Waals surface area (Å²) < 4.78 is 0. The van der Waals surface area contributed by atoms with E-state index in [0.717, 1.165) is 18.1 Å². The van der Waals surface area contributed by atoms with Crippen molar-refractivity contribution in [3.8, 4) is 11.5 Å². The topological polar surface area (TPSA) is 52.5 Å². The first-order valence-electron chi connectivity index (χ1n) is 5.15. The zero-order chi connectivity index (χ0) is 11.8. The Hall–Kier alpha value is -1.13. The molecule has 3 N–H and O–H groups in total. The van der Waals surface area contributed by atoms with Crippen LogP contribution in [-0.2, 0) is 6.54 Å². The summed E-state index contributed by atoms with van der Waals surface area (Å²) in [7, 11) is 0. The van der Waals surface area contributed by atoms with Gasteiger partial charge in [-0.15, -0.1) is 6.58 Å². The van der Waals surface area contributed by atoms with Gasteiger partial charge >= 0.3 is 0 Å². The largest absolute Gasteiger partial charge is 0.504 e. The van der Waals surface area contributed by atoms with E-state index in [-0.39, 0.29) is 11.5 Å². The van der Waals surface area contributed by atoms with Gasteiger partial charge in [0.15, 0.2) is 11.5 Å². The molecule has 1 rings (SSSR count). The van der Waals surface area contributed by atoms with Crippen LogP contribution >= 0.6 is 11.8 Å². The highest BCUT2D eigenvalue weighted by atomic mass is 32.2. The van der Waals surface area contributed by atoms with Gasteiger partial charge in [-0.05, 0) is 6.07 Å². The highest BCUT2D eigenvalue weighted by molar-refractivity contribution is 7.99.